The molecule has 0 bridgehead atoms. The first-order valence-electron chi connectivity index (χ1n) is 3.71. The molecular formula is C9H9ClFNO. The SMILES string of the molecule is Cc1ccc(/C(Cl)=N\O)c(C)c1F. The molecule has 0 spiro atoms. The van der Waals surface area contributed by atoms with Crippen molar-refractivity contribution in [3.8, 4) is 0 Å². The van der Waals surface area contributed by atoms with Crippen LogP contribution in [0.4, 0.5) is 4.39 Å². The molecule has 0 fully saturated rings. The van der Waals surface area contributed by atoms with Gasteiger partial charge < -0.3 is 5.21 Å². The van der Waals surface area contributed by atoms with E-state index in [1.54, 1.807) is 26.0 Å². The van der Waals surface area contributed by atoms with Crippen LogP contribution in [0.25, 0.3) is 0 Å². The van der Waals surface area contributed by atoms with Crippen molar-refractivity contribution < 1.29 is 9.60 Å². The van der Waals surface area contributed by atoms with Crippen LogP contribution in [0, 0.1) is 19.7 Å². The lowest BCUT2D eigenvalue weighted by molar-refractivity contribution is 0.321. The molecule has 0 aliphatic carbocycles. The zero-order chi connectivity index (χ0) is 10.0. The summed E-state index contributed by atoms with van der Waals surface area (Å²) in [6, 6.07) is 3.21. The van der Waals surface area contributed by atoms with Gasteiger partial charge in [0, 0.05) is 5.56 Å². The number of rotatable bonds is 1. The van der Waals surface area contributed by atoms with Crippen LogP contribution in [0.15, 0.2) is 17.3 Å². The van der Waals surface area contributed by atoms with E-state index in [9.17, 15) is 4.39 Å². The fourth-order valence-electron chi connectivity index (χ4n) is 1.10. The van der Waals surface area contributed by atoms with Crippen molar-refractivity contribution in [1.82, 2.24) is 0 Å². The fraction of sp³-hybridized carbons (Fsp3) is 0.222. The third kappa shape index (κ3) is 1.80. The standard InChI is InChI=1S/C9H9ClFNO/c1-5-3-4-7(9(10)12-13)6(2)8(5)11/h3-4,13H,1-2H3/b12-9+. The lowest BCUT2D eigenvalue weighted by atomic mass is 10.1. The Bertz CT molecular complexity index is 363. The van der Waals surface area contributed by atoms with Crippen LogP contribution in [0.3, 0.4) is 0 Å². The number of hydrogen-bond acceptors (Lipinski definition) is 2. The number of hydrogen-bond donors (Lipinski definition) is 1. The summed E-state index contributed by atoms with van der Waals surface area (Å²) in [6.45, 7) is 3.25. The highest BCUT2D eigenvalue weighted by molar-refractivity contribution is 6.69. The molecule has 0 unspecified atom stereocenters. The summed E-state index contributed by atoms with van der Waals surface area (Å²) in [4.78, 5) is 0. The summed E-state index contributed by atoms with van der Waals surface area (Å²) in [6.07, 6.45) is 0. The Labute approximate surface area is 80.6 Å². The Kier molecular flexibility index (Phi) is 2.88. The third-order valence-corrected chi connectivity index (χ3v) is 2.17. The van der Waals surface area contributed by atoms with Gasteiger partial charge in [-0.2, -0.15) is 0 Å². The van der Waals surface area contributed by atoms with Crippen molar-refractivity contribution in [3.63, 3.8) is 0 Å². The molecule has 0 aliphatic rings. The highest BCUT2D eigenvalue weighted by Gasteiger charge is 2.10. The third-order valence-electron chi connectivity index (χ3n) is 1.89. The van der Waals surface area contributed by atoms with E-state index in [2.05, 4.69) is 5.16 Å². The molecule has 0 atom stereocenters. The normalized spacial score (nSPS) is 11.8. The molecule has 0 aromatic heterocycles. The van der Waals surface area contributed by atoms with Gasteiger partial charge in [-0.1, -0.05) is 28.9 Å². The Morgan fingerprint density at radius 1 is 1.46 bits per heavy atom. The second-order valence-corrected chi connectivity index (χ2v) is 3.12. The van der Waals surface area contributed by atoms with Crippen LogP contribution >= 0.6 is 11.6 Å². The number of aryl methyl sites for hydroxylation is 1. The van der Waals surface area contributed by atoms with Crippen LogP contribution in [0.1, 0.15) is 16.7 Å². The summed E-state index contributed by atoms with van der Waals surface area (Å²) in [7, 11) is 0. The van der Waals surface area contributed by atoms with Gasteiger partial charge in [-0.3, -0.25) is 0 Å². The van der Waals surface area contributed by atoms with Crippen LogP contribution in [-0.4, -0.2) is 10.4 Å². The van der Waals surface area contributed by atoms with E-state index >= 15 is 0 Å². The number of nitrogens with zero attached hydrogens (tertiary/aromatic N) is 1. The van der Waals surface area contributed by atoms with E-state index in [4.69, 9.17) is 16.8 Å². The van der Waals surface area contributed by atoms with Gasteiger partial charge in [-0.25, -0.2) is 4.39 Å². The minimum Gasteiger partial charge on any atom is -0.410 e. The molecule has 0 aliphatic heterocycles. The minimum absolute atomic E-state index is 0.101. The molecule has 0 saturated heterocycles. The van der Waals surface area contributed by atoms with Crippen molar-refractivity contribution in [3.05, 3.63) is 34.6 Å². The van der Waals surface area contributed by atoms with Gasteiger partial charge >= 0.3 is 0 Å². The van der Waals surface area contributed by atoms with E-state index in [0.717, 1.165) is 0 Å². The average molecular weight is 202 g/mol. The highest BCUT2D eigenvalue weighted by atomic mass is 35.5. The van der Waals surface area contributed by atoms with Crippen molar-refractivity contribution >= 4 is 16.8 Å². The molecule has 1 N–H and O–H groups in total. The average Bonchev–Trinajstić information content (AvgIpc) is 2.13. The van der Waals surface area contributed by atoms with Crippen LogP contribution in [-0.2, 0) is 0 Å². The fourth-order valence-corrected chi connectivity index (χ4v) is 1.30. The van der Waals surface area contributed by atoms with Gasteiger partial charge in [-0.15, -0.1) is 0 Å². The first-order valence-corrected chi connectivity index (χ1v) is 4.09. The van der Waals surface area contributed by atoms with Crippen molar-refractivity contribution in [2.45, 2.75) is 13.8 Å². The largest absolute Gasteiger partial charge is 0.410 e. The second-order valence-electron chi connectivity index (χ2n) is 2.76. The van der Waals surface area contributed by atoms with E-state index in [1.165, 1.54) is 0 Å². The van der Waals surface area contributed by atoms with Gasteiger partial charge in [0.05, 0.1) is 0 Å². The molecule has 0 saturated carbocycles. The smallest absolute Gasteiger partial charge is 0.175 e. The monoisotopic (exact) mass is 201 g/mol. The summed E-state index contributed by atoms with van der Waals surface area (Å²) in [5, 5.41) is 11.1. The summed E-state index contributed by atoms with van der Waals surface area (Å²) >= 11 is 5.55. The topological polar surface area (TPSA) is 32.6 Å². The maximum atomic E-state index is 13.3. The van der Waals surface area contributed by atoms with E-state index in [-0.39, 0.29) is 11.0 Å². The number of oxime groups is 1. The lowest BCUT2D eigenvalue weighted by Gasteiger charge is -2.05. The zero-order valence-electron chi connectivity index (χ0n) is 7.31. The van der Waals surface area contributed by atoms with Crippen LogP contribution < -0.4 is 0 Å². The van der Waals surface area contributed by atoms with Gasteiger partial charge in [0.15, 0.2) is 5.17 Å². The zero-order valence-corrected chi connectivity index (χ0v) is 8.06. The predicted molar refractivity (Wildman–Crippen MR) is 50.1 cm³/mol. The maximum Gasteiger partial charge on any atom is 0.175 e. The Morgan fingerprint density at radius 2 is 2.08 bits per heavy atom. The van der Waals surface area contributed by atoms with Crippen LogP contribution in [0.5, 0.6) is 0 Å². The second kappa shape index (κ2) is 3.75. The first-order chi connectivity index (χ1) is 6.07. The van der Waals surface area contributed by atoms with Crippen molar-refractivity contribution in [2.24, 2.45) is 5.16 Å². The summed E-state index contributed by atoms with van der Waals surface area (Å²) < 4.78 is 13.3. The maximum absolute atomic E-state index is 13.3. The van der Waals surface area contributed by atoms with Crippen molar-refractivity contribution in [2.75, 3.05) is 0 Å². The van der Waals surface area contributed by atoms with Crippen LogP contribution in [0.2, 0.25) is 0 Å². The predicted octanol–water partition coefficient (Wildman–Crippen LogP) is 2.82. The molecule has 0 radical (unpaired) electrons. The molecule has 1 aromatic carbocycles. The van der Waals surface area contributed by atoms with E-state index in [0.29, 0.717) is 16.7 Å². The van der Waals surface area contributed by atoms with Gasteiger partial charge in [0.2, 0.25) is 0 Å². The Balaban J connectivity index is 3.34. The molecule has 2 nitrogen and oxygen atoms in total. The molecule has 1 rings (SSSR count). The Hall–Kier alpha value is -1.09. The highest BCUT2D eigenvalue weighted by Crippen LogP contribution is 2.18. The Morgan fingerprint density at radius 3 is 2.62 bits per heavy atom. The molecule has 0 amide bonds. The molecule has 0 heterocycles. The van der Waals surface area contributed by atoms with E-state index < -0.39 is 0 Å². The molecule has 13 heavy (non-hydrogen) atoms. The number of benzene rings is 1. The van der Waals surface area contributed by atoms with Crippen molar-refractivity contribution in [1.29, 1.82) is 0 Å². The van der Waals surface area contributed by atoms with Gasteiger partial charge in [0.25, 0.3) is 0 Å². The first kappa shape index (κ1) is 9.99. The molecule has 4 heteroatoms. The quantitative estimate of drug-likeness (QED) is 0.423. The summed E-state index contributed by atoms with van der Waals surface area (Å²) in [5.74, 6) is -0.320. The summed E-state index contributed by atoms with van der Waals surface area (Å²) in [5.41, 5.74) is 1.35. The molecular weight excluding hydrogens is 193 g/mol. The lowest BCUT2D eigenvalue weighted by Crippen LogP contribution is -1.99. The van der Waals surface area contributed by atoms with E-state index in [1.807, 2.05) is 0 Å². The minimum atomic E-state index is -0.320. The van der Waals surface area contributed by atoms with Gasteiger partial charge in [0.1, 0.15) is 5.82 Å². The van der Waals surface area contributed by atoms with Gasteiger partial charge in [-0.05, 0) is 25.0 Å². The molecule has 70 valence electrons. The number of halogens is 2. The molecule has 1 aromatic rings.